The van der Waals surface area contributed by atoms with Crippen LogP contribution in [-0.2, 0) is 38.4 Å². The Morgan fingerprint density at radius 1 is 1.02 bits per heavy atom. The highest BCUT2D eigenvalue weighted by atomic mass is 32.1. The van der Waals surface area contributed by atoms with Gasteiger partial charge in [0, 0.05) is 43.7 Å². The number of morpholine rings is 1. The highest BCUT2D eigenvalue weighted by molar-refractivity contribution is 7.16. The fraction of sp³-hybridized carbons (Fsp3) is 0.486. The molecule has 1 amide bonds. The molecule has 2 aliphatic heterocycles. The first-order valence-electron chi connectivity index (χ1n) is 18.1. The van der Waals surface area contributed by atoms with E-state index < -0.39 is 46.6 Å². The number of nitrogens with one attached hydrogen (secondary N) is 2. The van der Waals surface area contributed by atoms with Crippen molar-refractivity contribution >= 4 is 50.7 Å². The Morgan fingerprint density at radius 3 is 2.47 bits per heavy atom. The van der Waals surface area contributed by atoms with E-state index in [-0.39, 0.29) is 34.8 Å². The molecule has 2 saturated heterocycles. The van der Waals surface area contributed by atoms with E-state index in [1.807, 2.05) is 34.5 Å². The molecule has 2 aromatic carbocycles. The van der Waals surface area contributed by atoms with Crippen molar-refractivity contribution in [1.82, 2.24) is 25.1 Å². The molecule has 20 heteroatoms. The number of halogens is 6. The van der Waals surface area contributed by atoms with Crippen LogP contribution in [0.1, 0.15) is 64.5 Å². The zero-order chi connectivity index (χ0) is 41.0. The molecule has 1 atom stereocenters. The van der Waals surface area contributed by atoms with E-state index in [4.69, 9.17) is 9.47 Å². The van der Waals surface area contributed by atoms with Gasteiger partial charge in [0.2, 0.25) is 0 Å². The maximum absolute atomic E-state index is 13.3. The number of aryl methyl sites for hydroxylation is 1. The number of amides is 1. The first-order chi connectivity index (χ1) is 27.0. The molecule has 1 spiro atoms. The minimum atomic E-state index is -5.36. The Labute approximate surface area is 330 Å². The van der Waals surface area contributed by atoms with Gasteiger partial charge in [0.25, 0.3) is 5.91 Å². The molecule has 2 fully saturated rings. The number of carbonyl (C=O) groups is 3. The zero-order valence-corrected chi connectivity index (χ0v) is 32.2. The Morgan fingerprint density at radius 2 is 1.75 bits per heavy atom. The minimum Gasteiger partial charge on any atom is -0.449 e. The number of ether oxygens (including phenoxy) is 3. The number of piperidine rings is 1. The molecular weight excluding hydrogens is 805 g/mol. The van der Waals surface area contributed by atoms with Crippen LogP contribution < -0.4 is 14.9 Å². The van der Waals surface area contributed by atoms with E-state index in [0.717, 1.165) is 67.0 Å². The lowest BCUT2D eigenvalue weighted by Crippen LogP contribution is -2.58. The molecule has 4 heterocycles. The molecule has 2 aliphatic rings. The molecule has 12 nitrogen and oxygen atoms in total. The average Bonchev–Trinajstić information content (AvgIpc) is 3.80. The molecule has 57 heavy (non-hydrogen) atoms. The van der Waals surface area contributed by atoms with Gasteiger partial charge in [-0.15, -0.1) is 11.3 Å². The van der Waals surface area contributed by atoms with Crippen LogP contribution in [0.25, 0.3) is 10.2 Å². The molecule has 0 radical (unpaired) electrons. The van der Waals surface area contributed by atoms with E-state index in [9.17, 15) is 45.5 Å². The number of thiazole rings is 2. The largest absolute Gasteiger partial charge is 0.491 e. The van der Waals surface area contributed by atoms with E-state index in [2.05, 4.69) is 31.8 Å². The van der Waals surface area contributed by atoms with Crippen molar-refractivity contribution < 1.29 is 54.9 Å². The summed E-state index contributed by atoms with van der Waals surface area (Å²) >= 11 is 1.95. The summed E-state index contributed by atoms with van der Waals surface area (Å²) in [7, 11) is 0. The molecule has 0 saturated carbocycles. The normalized spacial score (nSPS) is 16.9. The monoisotopic (exact) mass is 843 g/mol. The summed E-state index contributed by atoms with van der Waals surface area (Å²) in [6, 6.07) is 9.72. The van der Waals surface area contributed by atoms with Crippen LogP contribution in [0.2, 0.25) is 0 Å². The molecule has 0 aliphatic carbocycles. The van der Waals surface area contributed by atoms with Gasteiger partial charge in [0.1, 0.15) is 17.3 Å². The van der Waals surface area contributed by atoms with Crippen molar-refractivity contribution in [2.24, 2.45) is 0 Å². The smallest absolute Gasteiger partial charge is 0.449 e. The number of rotatable bonds is 13. The van der Waals surface area contributed by atoms with Crippen LogP contribution in [0.15, 0.2) is 46.6 Å². The Kier molecular flexibility index (Phi) is 13.1. The average molecular weight is 844 g/mol. The van der Waals surface area contributed by atoms with Crippen LogP contribution >= 0.6 is 22.7 Å². The van der Waals surface area contributed by atoms with E-state index in [0.29, 0.717) is 49.7 Å². The van der Waals surface area contributed by atoms with Gasteiger partial charge < -0.3 is 29.4 Å². The summed E-state index contributed by atoms with van der Waals surface area (Å²) in [4.78, 5) is 58.9. The number of fused-ring (bicyclic) bond motifs is 1. The third kappa shape index (κ3) is 10.6. The number of benzene rings is 2. The fourth-order valence-corrected chi connectivity index (χ4v) is 8.67. The first-order valence-corrected chi connectivity index (χ1v) is 19.8. The maximum atomic E-state index is 13.3. The molecule has 6 rings (SSSR count). The lowest BCUT2D eigenvalue weighted by Gasteiger charge is -2.47. The highest BCUT2D eigenvalue weighted by Gasteiger charge is 2.44. The predicted molar refractivity (Wildman–Crippen MR) is 197 cm³/mol. The summed E-state index contributed by atoms with van der Waals surface area (Å²) in [5.74, 6) is -5.82. The van der Waals surface area contributed by atoms with Crippen molar-refractivity contribution in [3.05, 3.63) is 78.8 Å². The maximum Gasteiger partial charge on any atom is 0.491 e. The van der Waals surface area contributed by atoms with E-state index in [1.165, 1.54) is 11.3 Å². The topological polar surface area (TPSA) is 143 Å². The van der Waals surface area contributed by atoms with Crippen molar-refractivity contribution in [2.75, 3.05) is 45.9 Å². The van der Waals surface area contributed by atoms with Gasteiger partial charge in [-0.1, -0.05) is 42.5 Å². The molecule has 2 N–H and O–H groups in total. The van der Waals surface area contributed by atoms with Gasteiger partial charge in [-0.25, -0.2) is 14.6 Å². The summed E-state index contributed by atoms with van der Waals surface area (Å²) in [5, 5.41) is 5.76. The molecule has 308 valence electrons. The quantitative estimate of drug-likeness (QED) is 0.0718. The van der Waals surface area contributed by atoms with Crippen molar-refractivity contribution in [2.45, 2.75) is 69.6 Å². The van der Waals surface area contributed by atoms with Crippen LogP contribution in [0, 0.1) is 0 Å². The second-order valence-corrected chi connectivity index (χ2v) is 15.8. The second kappa shape index (κ2) is 17.6. The predicted octanol–water partition coefficient (Wildman–Crippen LogP) is 5.95. The molecular formula is C37H39F6N5O7S2. The molecule has 0 unspecified atom stereocenters. The number of nitrogens with zero attached hydrogens (tertiary/aromatic N) is 3. The van der Waals surface area contributed by atoms with Crippen LogP contribution in [0.5, 0.6) is 5.75 Å². The fourth-order valence-electron chi connectivity index (χ4n) is 6.88. The number of hydrogen-bond donors (Lipinski definition) is 2. The van der Waals surface area contributed by atoms with Crippen LogP contribution in [-0.4, -0.2) is 101 Å². The molecule has 2 aromatic heterocycles. The van der Waals surface area contributed by atoms with Gasteiger partial charge in [0.15, 0.2) is 5.75 Å². The number of hydrogen-bond acceptors (Lipinski definition) is 12. The standard InChI is InChI=1S/C37H39F6N5O7S2/c1-2-4-28-45-25(20-56-28)31(49)48-15-16-53-35(21-48)10-13-47(14-11-35)19-23-6-3-5-22(17-23)9-12-44-18-27(55-33(51)37(41,42)43)24-7-8-26(54-32(50)36(38,39)40)29-30(24)57-34(52)46-29/h3,5-8,17,20,27,44H,2,4,9-16,18-19,21H2,1H3,(H,46,52)/t27-/m0/s1. The third-order valence-corrected chi connectivity index (χ3v) is 11.5. The lowest BCUT2D eigenvalue weighted by molar-refractivity contribution is -0.205. The van der Waals surface area contributed by atoms with Gasteiger partial charge in [0.05, 0.1) is 28.5 Å². The summed E-state index contributed by atoms with van der Waals surface area (Å²) in [6.45, 7) is 5.64. The second-order valence-electron chi connectivity index (χ2n) is 13.8. The van der Waals surface area contributed by atoms with Gasteiger partial charge in [-0.3, -0.25) is 14.5 Å². The molecule has 0 bridgehead atoms. The van der Waals surface area contributed by atoms with Gasteiger partial charge in [-0.05, 0) is 61.9 Å². The van der Waals surface area contributed by atoms with E-state index in [1.54, 1.807) is 0 Å². The SMILES string of the molecule is CCCc1nc(C(=O)N2CCOC3(CCN(Cc4cccc(CCNC[C@H](OC(=O)C(F)(F)F)c5ccc(OC(=O)C(F)(F)F)c6[nH]c(=O)sc56)c4)CC3)C2)cs1. The van der Waals surface area contributed by atoms with Crippen LogP contribution in [0.4, 0.5) is 26.3 Å². The Balaban J connectivity index is 1.04. The van der Waals surface area contributed by atoms with Crippen molar-refractivity contribution in [3.8, 4) is 5.75 Å². The van der Waals surface area contributed by atoms with Gasteiger partial charge >= 0.3 is 29.2 Å². The first kappa shape index (κ1) is 42.2. The zero-order valence-electron chi connectivity index (χ0n) is 30.6. The Hall–Kier alpha value is -4.37. The number of H-pyrrole nitrogens is 1. The summed E-state index contributed by atoms with van der Waals surface area (Å²) in [5.41, 5.74) is 1.55. The minimum absolute atomic E-state index is 0.0648. The third-order valence-electron chi connectivity index (χ3n) is 9.69. The summed E-state index contributed by atoms with van der Waals surface area (Å²) < 4.78 is 93.6. The van der Waals surface area contributed by atoms with Crippen molar-refractivity contribution in [3.63, 3.8) is 0 Å². The summed E-state index contributed by atoms with van der Waals surface area (Å²) in [6.07, 6.45) is -8.58. The van der Waals surface area contributed by atoms with Gasteiger partial charge in [-0.2, -0.15) is 26.3 Å². The number of likely N-dealkylation sites (tertiary alicyclic amines) is 1. The van der Waals surface area contributed by atoms with Crippen molar-refractivity contribution in [1.29, 1.82) is 0 Å². The lowest BCUT2D eigenvalue weighted by atomic mass is 9.89. The van der Waals surface area contributed by atoms with Crippen LogP contribution in [0.3, 0.4) is 0 Å². The Bertz CT molecular complexity index is 2130. The number of alkyl halides is 6. The number of aromatic amines is 1. The number of carbonyl (C=O) groups excluding carboxylic acids is 3. The number of aromatic nitrogens is 2. The molecule has 4 aromatic rings. The van der Waals surface area contributed by atoms with E-state index >= 15 is 0 Å². The number of esters is 2. The highest BCUT2D eigenvalue weighted by Crippen LogP contribution is 2.36.